The Labute approximate surface area is 109 Å². The highest BCUT2D eigenvalue weighted by atomic mass is 79.9. The quantitative estimate of drug-likeness (QED) is 0.928. The molecule has 4 nitrogen and oxygen atoms in total. The van der Waals surface area contributed by atoms with E-state index in [0.29, 0.717) is 18.0 Å². The van der Waals surface area contributed by atoms with Crippen LogP contribution in [0.25, 0.3) is 0 Å². The Hall–Kier alpha value is -0.940. The van der Waals surface area contributed by atoms with Crippen molar-refractivity contribution in [1.29, 1.82) is 0 Å². The van der Waals surface area contributed by atoms with E-state index in [-0.39, 0.29) is 12.0 Å². The van der Waals surface area contributed by atoms with Crippen LogP contribution < -0.4 is 5.32 Å². The number of nitrogens with zero attached hydrogens (tertiary/aromatic N) is 1. The van der Waals surface area contributed by atoms with Crippen LogP contribution in [0.15, 0.2) is 22.9 Å². The van der Waals surface area contributed by atoms with E-state index in [0.717, 1.165) is 17.5 Å². The van der Waals surface area contributed by atoms with Gasteiger partial charge in [-0.1, -0.05) is 0 Å². The zero-order valence-electron chi connectivity index (χ0n) is 9.65. The number of nitrogens with one attached hydrogen (secondary N) is 1. The van der Waals surface area contributed by atoms with Gasteiger partial charge in [0.15, 0.2) is 0 Å². The molecule has 1 amide bonds. The van der Waals surface area contributed by atoms with Crippen LogP contribution >= 0.6 is 15.9 Å². The molecule has 1 N–H and O–H groups in total. The van der Waals surface area contributed by atoms with Gasteiger partial charge in [0.1, 0.15) is 0 Å². The van der Waals surface area contributed by atoms with Crippen LogP contribution in [0.5, 0.6) is 0 Å². The zero-order chi connectivity index (χ0) is 12.3. The average molecular weight is 299 g/mol. The Balaban J connectivity index is 1.89. The first-order valence-electron chi connectivity index (χ1n) is 5.67. The maximum Gasteiger partial charge on any atom is 0.252 e. The lowest BCUT2D eigenvalue weighted by molar-refractivity contribution is 0.0907. The van der Waals surface area contributed by atoms with E-state index in [9.17, 15) is 4.79 Å². The molecule has 5 heteroatoms. The number of carbonyl (C=O) groups is 1. The fourth-order valence-corrected chi connectivity index (χ4v) is 2.27. The van der Waals surface area contributed by atoms with E-state index < -0.39 is 0 Å². The summed E-state index contributed by atoms with van der Waals surface area (Å²) in [6.45, 7) is 3.50. The average Bonchev–Trinajstić information content (AvgIpc) is 2.72. The van der Waals surface area contributed by atoms with Gasteiger partial charge in [-0.15, -0.1) is 0 Å². The Bertz CT molecular complexity index is 411. The second-order valence-corrected chi connectivity index (χ2v) is 5.14. The molecule has 0 bridgehead atoms. The number of rotatable bonds is 3. The predicted octanol–water partition coefficient (Wildman–Crippen LogP) is 2.00. The van der Waals surface area contributed by atoms with E-state index in [2.05, 4.69) is 26.2 Å². The highest BCUT2D eigenvalue weighted by Crippen LogP contribution is 2.19. The Morgan fingerprint density at radius 3 is 3.12 bits per heavy atom. The van der Waals surface area contributed by atoms with Gasteiger partial charge in [0.25, 0.3) is 5.91 Å². The van der Waals surface area contributed by atoms with Crippen molar-refractivity contribution in [2.75, 3.05) is 13.2 Å². The lowest BCUT2D eigenvalue weighted by atomic mass is 10.0. The zero-order valence-corrected chi connectivity index (χ0v) is 11.2. The summed E-state index contributed by atoms with van der Waals surface area (Å²) in [5.41, 5.74) is 0.575. The van der Waals surface area contributed by atoms with Gasteiger partial charge >= 0.3 is 0 Å². The van der Waals surface area contributed by atoms with Crippen molar-refractivity contribution in [1.82, 2.24) is 10.3 Å². The molecular weight excluding hydrogens is 284 g/mol. The van der Waals surface area contributed by atoms with Crippen molar-refractivity contribution in [2.24, 2.45) is 5.92 Å². The molecule has 1 aromatic rings. The maximum absolute atomic E-state index is 11.8. The minimum absolute atomic E-state index is 0.0853. The van der Waals surface area contributed by atoms with Gasteiger partial charge in [0.05, 0.1) is 11.7 Å². The summed E-state index contributed by atoms with van der Waals surface area (Å²) in [5.74, 6) is 0.331. The molecule has 0 radical (unpaired) electrons. The summed E-state index contributed by atoms with van der Waals surface area (Å²) in [4.78, 5) is 15.8. The van der Waals surface area contributed by atoms with Crippen LogP contribution in [0, 0.1) is 5.92 Å². The number of hydrogen-bond acceptors (Lipinski definition) is 3. The predicted molar refractivity (Wildman–Crippen MR) is 67.8 cm³/mol. The number of pyridine rings is 1. The molecule has 92 valence electrons. The molecular formula is C12H15BrN2O2. The largest absolute Gasteiger partial charge is 0.378 e. The van der Waals surface area contributed by atoms with E-state index >= 15 is 0 Å². The van der Waals surface area contributed by atoms with Crippen molar-refractivity contribution in [3.8, 4) is 0 Å². The highest BCUT2D eigenvalue weighted by Gasteiger charge is 2.24. The third-order valence-corrected chi connectivity index (χ3v) is 3.46. The van der Waals surface area contributed by atoms with Crippen molar-refractivity contribution in [3.05, 3.63) is 28.5 Å². The van der Waals surface area contributed by atoms with Crippen molar-refractivity contribution < 1.29 is 9.53 Å². The van der Waals surface area contributed by atoms with Crippen LogP contribution in [-0.4, -0.2) is 30.1 Å². The summed E-state index contributed by atoms with van der Waals surface area (Å²) in [6, 6.07) is 1.76. The molecule has 0 aromatic carbocycles. The minimum Gasteiger partial charge on any atom is -0.378 e. The third kappa shape index (κ3) is 3.26. The number of ether oxygens (including phenoxy) is 1. The lowest BCUT2D eigenvalue weighted by Gasteiger charge is -2.14. The SMILES string of the molecule is CC1OCCC1CNC(=O)c1cncc(Br)c1. The Morgan fingerprint density at radius 2 is 2.47 bits per heavy atom. The molecule has 2 atom stereocenters. The van der Waals surface area contributed by atoms with Crippen LogP contribution in [-0.2, 0) is 4.74 Å². The molecule has 17 heavy (non-hydrogen) atoms. The minimum atomic E-state index is -0.0853. The first-order chi connectivity index (χ1) is 8.16. The fraction of sp³-hybridized carbons (Fsp3) is 0.500. The molecule has 1 fully saturated rings. The molecule has 0 aliphatic carbocycles. The number of aromatic nitrogens is 1. The molecule has 0 saturated carbocycles. The molecule has 0 spiro atoms. The Kier molecular flexibility index (Phi) is 4.12. The van der Waals surface area contributed by atoms with Gasteiger partial charge in [-0.05, 0) is 35.3 Å². The number of halogens is 1. The van der Waals surface area contributed by atoms with Crippen LogP contribution in [0.3, 0.4) is 0 Å². The van der Waals surface area contributed by atoms with Gasteiger partial charge in [0.2, 0.25) is 0 Å². The van der Waals surface area contributed by atoms with Crippen LogP contribution in [0.2, 0.25) is 0 Å². The number of amides is 1. The molecule has 1 saturated heterocycles. The molecule has 1 aliphatic rings. The smallest absolute Gasteiger partial charge is 0.252 e. The van der Waals surface area contributed by atoms with E-state index in [1.54, 1.807) is 18.5 Å². The standard InChI is InChI=1S/C12H15BrN2O2/c1-8-9(2-3-17-8)6-15-12(16)10-4-11(13)7-14-5-10/h4-5,7-9H,2-3,6H2,1H3,(H,15,16). The van der Waals surface area contributed by atoms with Gasteiger partial charge in [0, 0.05) is 35.9 Å². The molecule has 1 aliphatic heterocycles. The second-order valence-electron chi connectivity index (χ2n) is 4.23. The molecule has 2 unspecified atom stereocenters. The topological polar surface area (TPSA) is 51.2 Å². The molecule has 1 aromatic heterocycles. The maximum atomic E-state index is 11.8. The van der Waals surface area contributed by atoms with Crippen molar-refractivity contribution >= 4 is 21.8 Å². The monoisotopic (exact) mass is 298 g/mol. The molecule has 2 rings (SSSR count). The van der Waals surface area contributed by atoms with E-state index in [1.165, 1.54) is 0 Å². The highest BCUT2D eigenvalue weighted by molar-refractivity contribution is 9.10. The number of carbonyl (C=O) groups excluding carboxylic acids is 1. The molecule has 2 heterocycles. The van der Waals surface area contributed by atoms with Gasteiger partial charge in [-0.2, -0.15) is 0 Å². The first kappa shape index (κ1) is 12.5. The van der Waals surface area contributed by atoms with E-state index in [1.807, 2.05) is 6.92 Å². The van der Waals surface area contributed by atoms with Crippen molar-refractivity contribution in [3.63, 3.8) is 0 Å². The Morgan fingerprint density at radius 1 is 1.65 bits per heavy atom. The normalized spacial score (nSPS) is 23.6. The van der Waals surface area contributed by atoms with Gasteiger partial charge in [-0.3, -0.25) is 9.78 Å². The van der Waals surface area contributed by atoms with E-state index in [4.69, 9.17) is 4.74 Å². The van der Waals surface area contributed by atoms with Gasteiger partial charge in [-0.25, -0.2) is 0 Å². The summed E-state index contributed by atoms with van der Waals surface area (Å²) in [6.07, 6.45) is 4.47. The third-order valence-electron chi connectivity index (χ3n) is 3.03. The summed E-state index contributed by atoms with van der Waals surface area (Å²) in [5, 5.41) is 2.92. The van der Waals surface area contributed by atoms with Crippen LogP contribution in [0.1, 0.15) is 23.7 Å². The number of hydrogen-bond donors (Lipinski definition) is 1. The first-order valence-corrected chi connectivity index (χ1v) is 6.46. The second kappa shape index (κ2) is 5.60. The fourth-order valence-electron chi connectivity index (χ4n) is 1.91. The van der Waals surface area contributed by atoms with Crippen LogP contribution in [0.4, 0.5) is 0 Å². The summed E-state index contributed by atoms with van der Waals surface area (Å²) in [7, 11) is 0. The van der Waals surface area contributed by atoms with Gasteiger partial charge < -0.3 is 10.1 Å². The lowest BCUT2D eigenvalue weighted by Crippen LogP contribution is -2.32. The summed E-state index contributed by atoms with van der Waals surface area (Å²) < 4.78 is 6.26. The van der Waals surface area contributed by atoms with Crippen molar-refractivity contribution in [2.45, 2.75) is 19.4 Å². The summed E-state index contributed by atoms with van der Waals surface area (Å²) >= 11 is 3.29.